The maximum absolute atomic E-state index is 12.2. The number of carbonyl (C=O) groups is 1. The van der Waals surface area contributed by atoms with E-state index in [4.69, 9.17) is 5.11 Å². The van der Waals surface area contributed by atoms with Crippen molar-refractivity contribution in [3.05, 3.63) is 64.2 Å². The number of sulfonamides is 1. The predicted octanol–water partition coefficient (Wildman–Crippen LogP) is 2.09. The number of carboxylic acids is 1. The molecule has 0 aliphatic rings. The number of non-ortho nitro benzene ring substituents is 1. The molecular weight excluding hydrogens is 312 g/mol. The molecule has 0 aromatic heterocycles. The first-order valence-corrected chi connectivity index (χ1v) is 7.38. The number of anilines is 1. The summed E-state index contributed by atoms with van der Waals surface area (Å²) in [5.74, 6) is -1.46. The highest BCUT2D eigenvalue weighted by molar-refractivity contribution is 7.92. The third kappa shape index (κ3) is 3.38. The van der Waals surface area contributed by atoms with Gasteiger partial charge in [-0.3, -0.25) is 14.8 Å². The van der Waals surface area contributed by atoms with Crippen LogP contribution < -0.4 is 4.72 Å². The van der Waals surface area contributed by atoms with Gasteiger partial charge in [-0.15, -0.1) is 0 Å². The minimum atomic E-state index is -4.14. The monoisotopic (exact) mass is 322 g/mol. The number of carboxylic acid groups (broad SMARTS) is 1. The molecule has 0 radical (unpaired) electrons. The molecule has 0 fully saturated rings. The van der Waals surface area contributed by atoms with Crippen LogP contribution in [0.3, 0.4) is 0 Å². The SMILES string of the molecule is O=C(O)c1cc([N+](=O)[O-])cc(S(=O)(=O)Nc2ccccc2)c1. The van der Waals surface area contributed by atoms with E-state index in [2.05, 4.69) is 4.72 Å². The van der Waals surface area contributed by atoms with E-state index in [9.17, 15) is 23.3 Å². The number of benzene rings is 2. The number of rotatable bonds is 5. The van der Waals surface area contributed by atoms with Crippen molar-refractivity contribution in [1.29, 1.82) is 0 Å². The standard InChI is InChI=1S/C13H10N2O6S/c16-13(17)9-6-11(15(18)19)8-12(7-9)22(20,21)14-10-4-2-1-3-5-10/h1-8,14H,(H,16,17). The third-order valence-corrected chi connectivity index (χ3v) is 4.05. The second kappa shape index (κ2) is 5.82. The number of hydrogen-bond acceptors (Lipinski definition) is 5. The van der Waals surface area contributed by atoms with Crippen molar-refractivity contribution in [2.75, 3.05) is 4.72 Å². The van der Waals surface area contributed by atoms with Crippen molar-refractivity contribution in [2.24, 2.45) is 0 Å². The molecular formula is C13H10N2O6S. The largest absolute Gasteiger partial charge is 0.478 e. The van der Waals surface area contributed by atoms with Gasteiger partial charge in [0.05, 0.1) is 15.4 Å². The Morgan fingerprint density at radius 1 is 1.14 bits per heavy atom. The number of nitro groups is 1. The molecule has 2 N–H and O–H groups in total. The molecule has 0 amide bonds. The van der Waals surface area contributed by atoms with Gasteiger partial charge in [0.2, 0.25) is 0 Å². The van der Waals surface area contributed by atoms with Crippen LogP contribution in [0.1, 0.15) is 10.4 Å². The normalized spacial score (nSPS) is 10.9. The fraction of sp³-hybridized carbons (Fsp3) is 0. The van der Waals surface area contributed by atoms with Crippen LogP contribution >= 0.6 is 0 Å². The Morgan fingerprint density at radius 3 is 2.32 bits per heavy atom. The van der Waals surface area contributed by atoms with E-state index in [-0.39, 0.29) is 5.69 Å². The van der Waals surface area contributed by atoms with Crippen LogP contribution in [0.15, 0.2) is 53.4 Å². The number of aromatic carboxylic acids is 1. The number of nitrogens with zero attached hydrogens (tertiary/aromatic N) is 1. The Hall–Kier alpha value is -2.94. The van der Waals surface area contributed by atoms with Gasteiger partial charge in [-0.1, -0.05) is 18.2 Å². The van der Waals surface area contributed by atoms with Crippen LogP contribution in [0.4, 0.5) is 11.4 Å². The van der Waals surface area contributed by atoms with E-state index >= 15 is 0 Å². The minimum Gasteiger partial charge on any atom is -0.478 e. The minimum absolute atomic E-state index is 0.255. The van der Waals surface area contributed by atoms with Crippen molar-refractivity contribution in [3.63, 3.8) is 0 Å². The molecule has 22 heavy (non-hydrogen) atoms. The zero-order chi connectivity index (χ0) is 16.3. The zero-order valence-electron chi connectivity index (χ0n) is 11.0. The third-order valence-electron chi connectivity index (χ3n) is 2.69. The van der Waals surface area contributed by atoms with E-state index in [0.717, 1.165) is 18.2 Å². The Balaban J connectivity index is 2.50. The van der Waals surface area contributed by atoms with Crippen molar-refractivity contribution < 1.29 is 23.2 Å². The molecule has 0 atom stereocenters. The zero-order valence-corrected chi connectivity index (χ0v) is 11.8. The molecule has 0 bridgehead atoms. The maximum atomic E-state index is 12.2. The van der Waals surface area contributed by atoms with Crippen LogP contribution in [-0.4, -0.2) is 24.4 Å². The lowest BCUT2D eigenvalue weighted by molar-refractivity contribution is -0.385. The van der Waals surface area contributed by atoms with E-state index < -0.39 is 37.1 Å². The summed E-state index contributed by atoms with van der Waals surface area (Å²) in [7, 11) is -4.14. The van der Waals surface area contributed by atoms with Gasteiger partial charge in [0.25, 0.3) is 15.7 Å². The molecule has 2 aromatic carbocycles. The summed E-state index contributed by atoms with van der Waals surface area (Å²) >= 11 is 0. The van der Waals surface area contributed by atoms with Gasteiger partial charge in [-0.05, 0) is 18.2 Å². The van der Waals surface area contributed by atoms with Gasteiger partial charge in [-0.25, -0.2) is 13.2 Å². The van der Waals surface area contributed by atoms with Crippen LogP contribution in [0.25, 0.3) is 0 Å². The number of para-hydroxylation sites is 1. The highest BCUT2D eigenvalue weighted by atomic mass is 32.2. The fourth-order valence-electron chi connectivity index (χ4n) is 1.69. The van der Waals surface area contributed by atoms with Crippen LogP contribution in [-0.2, 0) is 10.0 Å². The quantitative estimate of drug-likeness (QED) is 0.641. The molecule has 0 aliphatic heterocycles. The molecule has 0 saturated heterocycles. The van der Waals surface area contributed by atoms with Crippen molar-refractivity contribution in [2.45, 2.75) is 4.90 Å². The molecule has 8 nitrogen and oxygen atoms in total. The lowest BCUT2D eigenvalue weighted by atomic mass is 10.2. The first-order valence-electron chi connectivity index (χ1n) is 5.90. The summed E-state index contributed by atoms with van der Waals surface area (Å²) < 4.78 is 26.7. The van der Waals surface area contributed by atoms with E-state index in [1.165, 1.54) is 12.1 Å². The summed E-state index contributed by atoms with van der Waals surface area (Å²) in [5.41, 5.74) is -0.846. The molecule has 114 valence electrons. The van der Waals surface area contributed by atoms with Crippen molar-refractivity contribution in [3.8, 4) is 0 Å². The molecule has 0 saturated carbocycles. The highest BCUT2D eigenvalue weighted by Gasteiger charge is 2.21. The van der Waals surface area contributed by atoms with Crippen molar-refractivity contribution in [1.82, 2.24) is 0 Å². The van der Waals surface area contributed by atoms with Crippen molar-refractivity contribution >= 4 is 27.4 Å². The Morgan fingerprint density at radius 2 is 1.77 bits per heavy atom. The summed E-state index contributed by atoms with van der Waals surface area (Å²) in [6.07, 6.45) is 0. The molecule has 9 heteroatoms. The summed E-state index contributed by atoms with van der Waals surface area (Å²) in [6.45, 7) is 0. The van der Waals surface area contributed by atoms with Gasteiger partial charge in [0, 0.05) is 17.8 Å². The topological polar surface area (TPSA) is 127 Å². The van der Waals surface area contributed by atoms with Crippen LogP contribution in [0.2, 0.25) is 0 Å². The summed E-state index contributed by atoms with van der Waals surface area (Å²) in [6, 6.07) is 10.3. The van der Waals surface area contributed by atoms with Gasteiger partial charge in [0.1, 0.15) is 0 Å². The molecule has 2 aromatic rings. The second-order valence-corrected chi connectivity index (χ2v) is 5.93. The smallest absolute Gasteiger partial charge is 0.335 e. The Kier molecular flexibility index (Phi) is 4.08. The fourth-order valence-corrected chi connectivity index (χ4v) is 2.81. The Labute approximate surface area is 125 Å². The average molecular weight is 322 g/mol. The molecule has 0 spiro atoms. The predicted molar refractivity (Wildman–Crippen MR) is 77.3 cm³/mol. The first kappa shape index (κ1) is 15.4. The van der Waals surface area contributed by atoms with Gasteiger partial charge < -0.3 is 5.11 Å². The first-order chi connectivity index (χ1) is 10.3. The molecule has 0 unspecified atom stereocenters. The lowest BCUT2D eigenvalue weighted by Crippen LogP contribution is -2.14. The number of hydrogen-bond donors (Lipinski definition) is 2. The lowest BCUT2D eigenvalue weighted by Gasteiger charge is -2.08. The number of nitro benzene ring substituents is 1. The molecule has 0 heterocycles. The molecule has 0 aliphatic carbocycles. The highest BCUT2D eigenvalue weighted by Crippen LogP contribution is 2.23. The van der Waals surface area contributed by atoms with Gasteiger partial charge in [-0.2, -0.15) is 0 Å². The number of nitrogens with one attached hydrogen (secondary N) is 1. The van der Waals surface area contributed by atoms with Crippen LogP contribution in [0.5, 0.6) is 0 Å². The van der Waals surface area contributed by atoms with E-state index in [1.807, 2.05) is 0 Å². The van der Waals surface area contributed by atoms with Gasteiger partial charge in [0.15, 0.2) is 0 Å². The maximum Gasteiger partial charge on any atom is 0.335 e. The van der Waals surface area contributed by atoms with E-state index in [1.54, 1.807) is 18.2 Å². The molecule has 2 rings (SSSR count). The van der Waals surface area contributed by atoms with Gasteiger partial charge >= 0.3 is 5.97 Å². The van der Waals surface area contributed by atoms with E-state index in [0.29, 0.717) is 0 Å². The average Bonchev–Trinajstić information content (AvgIpc) is 2.47. The Bertz CT molecular complexity index is 801. The summed E-state index contributed by atoms with van der Waals surface area (Å²) in [4.78, 5) is 20.4. The van der Waals surface area contributed by atoms with Crippen LogP contribution in [0, 0.1) is 10.1 Å². The summed E-state index contributed by atoms with van der Waals surface area (Å²) in [5, 5.41) is 19.7. The second-order valence-electron chi connectivity index (χ2n) is 4.25.